The second kappa shape index (κ2) is 7.28. The van der Waals surface area contributed by atoms with Gasteiger partial charge in [-0.3, -0.25) is 0 Å². The van der Waals surface area contributed by atoms with Crippen LogP contribution in [0.3, 0.4) is 0 Å². The molecule has 2 aromatic rings. The van der Waals surface area contributed by atoms with Crippen molar-refractivity contribution in [2.75, 3.05) is 6.54 Å². The summed E-state index contributed by atoms with van der Waals surface area (Å²) in [6, 6.07) is 12.9. The first-order valence-electron chi connectivity index (χ1n) is 7.59. The lowest BCUT2D eigenvalue weighted by molar-refractivity contribution is 0.301. The van der Waals surface area contributed by atoms with E-state index in [1.54, 1.807) is 0 Å². The van der Waals surface area contributed by atoms with Gasteiger partial charge in [0.2, 0.25) is 0 Å². The molecular weight excluding hydrogens is 258 g/mol. The molecule has 2 aromatic carbocycles. The van der Waals surface area contributed by atoms with Gasteiger partial charge in [-0.2, -0.15) is 0 Å². The highest BCUT2D eigenvalue weighted by molar-refractivity contribution is 5.37. The van der Waals surface area contributed by atoms with Gasteiger partial charge in [-0.1, -0.05) is 48.4 Å². The quantitative estimate of drug-likeness (QED) is 0.853. The zero-order chi connectivity index (χ0) is 15.2. The molecule has 0 bridgehead atoms. The van der Waals surface area contributed by atoms with Crippen LogP contribution in [0, 0.1) is 20.8 Å². The highest BCUT2D eigenvalue weighted by Crippen LogP contribution is 2.22. The summed E-state index contributed by atoms with van der Waals surface area (Å²) in [6.07, 6.45) is 0. The lowest BCUT2D eigenvalue weighted by Gasteiger charge is -2.14. The number of ether oxygens (including phenoxy) is 1. The normalized spacial score (nSPS) is 10.7. The van der Waals surface area contributed by atoms with Crippen molar-refractivity contribution >= 4 is 0 Å². The molecule has 0 spiro atoms. The van der Waals surface area contributed by atoms with Crippen molar-refractivity contribution in [3.8, 4) is 5.75 Å². The smallest absolute Gasteiger partial charge is 0.124 e. The monoisotopic (exact) mass is 283 g/mol. The Morgan fingerprint density at radius 1 is 0.905 bits per heavy atom. The number of aryl methyl sites for hydroxylation is 3. The van der Waals surface area contributed by atoms with Crippen LogP contribution in [0.15, 0.2) is 36.4 Å². The number of hydrogen-bond acceptors (Lipinski definition) is 2. The van der Waals surface area contributed by atoms with Gasteiger partial charge in [-0.25, -0.2) is 0 Å². The van der Waals surface area contributed by atoms with Crippen molar-refractivity contribution in [1.82, 2.24) is 5.32 Å². The van der Waals surface area contributed by atoms with Gasteiger partial charge in [0, 0.05) is 12.1 Å². The van der Waals surface area contributed by atoms with Gasteiger partial charge >= 0.3 is 0 Å². The third-order valence-electron chi connectivity index (χ3n) is 3.67. The van der Waals surface area contributed by atoms with E-state index in [0.717, 1.165) is 18.8 Å². The van der Waals surface area contributed by atoms with E-state index in [1.807, 2.05) is 0 Å². The lowest BCUT2D eigenvalue weighted by atomic mass is 10.1. The minimum atomic E-state index is 0.621. The van der Waals surface area contributed by atoms with Crippen molar-refractivity contribution in [3.05, 3.63) is 64.2 Å². The Balaban J connectivity index is 2.13. The van der Waals surface area contributed by atoms with Crippen molar-refractivity contribution in [1.29, 1.82) is 0 Å². The molecule has 1 N–H and O–H groups in total. The van der Waals surface area contributed by atoms with Gasteiger partial charge in [0.15, 0.2) is 0 Å². The average Bonchev–Trinajstić information content (AvgIpc) is 2.47. The zero-order valence-corrected chi connectivity index (χ0v) is 13.5. The molecule has 2 nitrogen and oxygen atoms in total. The van der Waals surface area contributed by atoms with Crippen LogP contribution in [-0.4, -0.2) is 6.54 Å². The van der Waals surface area contributed by atoms with E-state index in [9.17, 15) is 0 Å². The molecule has 0 fully saturated rings. The number of hydrogen-bond donors (Lipinski definition) is 1. The number of rotatable bonds is 6. The Morgan fingerprint density at radius 3 is 2.29 bits per heavy atom. The van der Waals surface area contributed by atoms with Gasteiger partial charge in [-0.05, 0) is 44.5 Å². The maximum absolute atomic E-state index is 6.07. The summed E-state index contributed by atoms with van der Waals surface area (Å²) >= 11 is 0. The largest absolute Gasteiger partial charge is 0.489 e. The van der Waals surface area contributed by atoms with Crippen molar-refractivity contribution < 1.29 is 4.74 Å². The molecule has 0 saturated heterocycles. The van der Waals surface area contributed by atoms with Gasteiger partial charge < -0.3 is 10.1 Å². The third-order valence-corrected chi connectivity index (χ3v) is 3.67. The molecule has 0 aliphatic rings. The molecule has 0 unspecified atom stereocenters. The van der Waals surface area contributed by atoms with Crippen molar-refractivity contribution in [3.63, 3.8) is 0 Å². The Morgan fingerprint density at radius 2 is 1.57 bits per heavy atom. The summed E-state index contributed by atoms with van der Waals surface area (Å²) in [5.41, 5.74) is 6.30. The van der Waals surface area contributed by atoms with E-state index in [1.165, 1.54) is 27.8 Å². The molecular formula is C19H25NO. The van der Waals surface area contributed by atoms with Crippen LogP contribution < -0.4 is 10.1 Å². The van der Waals surface area contributed by atoms with E-state index in [-0.39, 0.29) is 0 Å². The predicted octanol–water partition coefficient (Wildman–Crippen LogP) is 4.30. The van der Waals surface area contributed by atoms with Crippen LogP contribution in [0.5, 0.6) is 5.75 Å². The van der Waals surface area contributed by atoms with E-state index in [4.69, 9.17) is 4.74 Å². The van der Waals surface area contributed by atoms with Crippen LogP contribution in [0.1, 0.15) is 34.7 Å². The van der Waals surface area contributed by atoms with E-state index >= 15 is 0 Å². The van der Waals surface area contributed by atoms with Gasteiger partial charge in [0.1, 0.15) is 12.4 Å². The van der Waals surface area contributed by atoms with E-state index < -0.39 is 0 Å². The van der Waals surface area contributed by atoms with Crippen molar-refractivity contribution in [2.24, 2.45) is 0 Å². The number of nitrogens with one attached hydrogen (secondary N) is 1. The summed E-state index contributed by atoms with van der Waals surface area (Å²) in [6.45, 7) is 10.9. The molecule has 0 atom stereocenters. The predicted molar refractivity (Wildman–Crippen MR) is 88.8 cm³/mol. The highest BCUT2D eigenvalue weighted by Gasteiger charge is 2.06. The summed E-state index contributed by atoms with van der Waals surface area (Å²) in [5, 5.41) is 3.37. The Kier molecular flexibility index (Phi) is 5.40. The molecule has 2 rings (SSSR count). The topological polar surface area (TPSA) is 21.3 Å². The molecule has 0 saturated carbocycles. The molecule has 112 valence electrons. The zero-order valence-electron chi connectivity index (χ0n) is 13.5. The van der Waals surface area contributed by atoms with E-state index in [0.29, 0.717) is 6.61 Å². The summed E-state index contributed by atoms with van der Waals surface area (Å²) < 4.78 is 6.07. The standard InChI is InChI=1S/C19H25NO/c1-5-20-12-17-10-15(3)7-9-19(17)21-13-18-11-14(2)6-8-16(18)4/h6-11,20H,5,12-13H2,1-4H3. The Hall–Kier alpha value is -1.80. The second-order valence-corrected chi connectivity index (χ2v) is 5.61. The Labute approximate surface area is 128 Å². The van der Waals surface area contributed by atoms with Gasteiger partial charge in [0.05, 0.1) is 0 Å². The first kappa shape index (κ1) is 15.6. The lowest BCUT2D eigenvalue weighted by Crippen LogP contribution is -2.13. The van der Waals surface area contributed by atoms with E-state index in [2.05, 4.69) is 69.4 Å². The maximum Gasteiger partial charge on any atom is 0.124 e. The van der Waals surface area contributed by atoms with Gasteiger partial charge in [0.25, 0.3) is 0 Å². The summed E-state index contributed by atoms with van der Waals surface area (Å²) in [7, 11) is 0. The fourth-order valence-corrected chi connectivity index (χ4v) is 2.36. The van der Waals surface area contributed by atoms with Crippen LogP contribution >= 0.6 is 0 Å². The summed E-state index contributed by atoms with van der Waals surface area (Å²) in [5.74, 6) is 0.974. The van der Waals surface area contributed by atoms with Crippen LogP contribution in [0.4, 0.5) is 0 Å². The molecule has 0 aliphatic carbocycles. The summed E-state index contributed by atoms with van der Waals surface area (Å²) in [4.78, 5) is 0. The highest BCUT2D eigenvalue weighted by atomic mass is 16.5. The first-order chi connectivity index (χ1) is 10.1. The molecule has 21 heavy (non-hydrogen) atoms. The maximum atomic E-state index is 6.07. The van der Waals surface area contributed by atoms with Crippen molar-refractivity contribution in [2.45, 2.75) is 40.8 Å². The fourth-order valence-electron chi connectivity index (χ4n) is 2.36. The molecule has 0 amide bonds. The average molecular weight is 283 g/mol. The minimum absolute atomic E-state index is 0.621. The van der Waals surface area contributed by atoms with Crippen LogP contribution in [-0.2, 0) is 13.2 Å². The fraction of sp³-hybridized carbons (Fsp3) is 0.368. The van der Waals surface area contributed by atoms with Crippen LogP contribution in [0.25, 0.3) is 0 Å². The minimum Gasteiger partial charge on any atom is -0.489 e. The third kappa shape index (κ3) is 4.33. The first-order valence-corrected chi connectivity index (χ1v) is 7.59. The molecule has 2 heteroatoms. The second-order valence-electron chi connectivity index (χ2n) is 5.61. The molecule has 0 aliphatic heterocycles. The van der Waals surface area contributed by atoms with Crippen LogP contribution in [0.2, 0.25) is 0 Å². The molecule has 0 aromatic heterocycles. The Bertz CT molecular complexity index is 605. The number of benzene rings is 2. The molecule has 0 heterocycles. The SMILES string of the molecule is CCNCc1cc(C)ccc1OCc1cc(C)ccc1C. The molecule has 0 radical (unpaired) electrons. The van der Waals surface area contributed by atoms with Gasteiger partial charge in [-0.15, -0.1) is 0 Å².